The maximum absolute atomic E-state index is 13.8. The molecule has 104 valence electrons. The zero-order chi connectivity index (χ0) is 14.2. The highest BCUT2D eigenvalue weighted by Gasteiger charge is 2.29. The number of rotatable bonds is 1. The molecule has 1 aliphatic heterocycles. The quantitative estimate of drug-likeness (QED) is 0.807. The Morgan fingerprint density at radius 3 is 2.79 bits per heavy atom. The van der Waals surface area contributed by atoms with Crippen LogP contribution in [-0.2, 0) is 0 Å². The van der Waals surface area contributed by atoms with Crippen LogP contribution < -0.4 is 0 Å². The van der Waals surface area contributed by atoms with Crippen molar-refractivity contribution in [2.75, 3.05) is 13.1 Å². The van der Waals surface area contributed by atoms with E-state index in [1.54, 1.807) is 0 Å². The number of aliphatic hydroxyl groups excluding tert-OH is 1. The lowest BCUT2D eigenvalue weighted by molar-refractivity contribution is 0.0246. The van der Waals surface area contributed by atoms with E-state index in [4.69, 9.17) is 11.6 Å². The number of halogens is 3. The molecule has 1 fully saturated rings. The van der Waals surface area contributed by atoms with Crippen molar-refractivity contribution in [1.29, 1.82) is 0 Å². The molecule has 1 saturated heterocycles. The fourth-order valence-corrected chi connectivity index (χ4v) is 2.26. The highest BCUT2D eigenvalue weighted by atomic mass is 35.5. The van der Waals surface area contributed by atoms with Gasteiger partial charge in [-0.1, -0.05) is 18.5 Å². The molecule has 0 saturated carbocycles. The SMILES string of the molecule is C[C@H]1CCN(C(=O)c2ccc(F)c(Cl)c2F)C[C@@H]1O. The normalized spacial score (nSPS) is 23.5. The first kappa shape index (κ1) is 14.2. The molecule has 0 spiro atoms. The summed E-state index contributed by atoms with van der Waals surface area (Å²) in [6.07, 6.45) is 0.0142. The molecule has 19 heavy (non-hydrogen) atoms. The largest absolute Gasteiger partial charge is 0.391 e. The molecule has 0 unspecified atom stereocenters. The smallest absolute Gasteiger partial charge is 0.256 e. The lowest BCUT2D eigenvalue weighted by Gasteiger charge is -2.34. The molecule has 0 radical (unpaired) electrons. The Labute approximate surface area is 114 Å². The van der Waals surface area contributed by atoms with Gasteiger partial charge in [0.05, 0.1) is 11.7 Å². The van der Waals surface area contributed by atoms with Crippen molar-refractivity contribution in [2.45, 2.75) is 19.4 Å². The van der Waals surface area contributed by atoms with Crippen LogP contribution in [-0.4, -0.2) is 35.1 Å². The van der Waals surface area contributed by atoms with Gasteiger partial charge in [0.1, 0.15) is 10.8 Å². The van der Waals surface area contributed by atoms with Crippen molar-refractivity contribution in [1.82, 2.24) is 4.90 Å². The minimum absolute atomic E-state index is 0.103. The van der Waals surface area contributed by atoms with Gasteiger partial charge in [-0.2, -0.15) is 0 Å². The number of nitrogens with zero attached hydrogens (tertiary/aromatic N) is 1. The number of benzene rings is 1. The minimum Gasteiger partial charge on any atom is -0.391 e. The van der Waals surface area contributed by atoms with Gasteiger partial charge in [0.15, 0.2) is 5.82 Å². The molecule has 3 nitrogen and oxygen atoms in total. The second-order valence-corrected chi connectivity index (χ2v) is 5.19. The van der Waals surface area contributed by atoms with Crippen molar-refractivity contribution < 1.29 is 18.7 Å². The molecular weight excluding hydrogens is 276 g/mol. The van der Waals surface area contributed by atoms with E-state index in [2.05, 4.69) is 0 Å². The summed E-state index contributed by atoms with van der Waals surface area (Å²) in [4.78, 5) is 13.5. The Kier molecular flexibility index (Phi) is 4.06. The van der Waals surface area contributed by atoms with E-state index in [9.17, 15) is 18.7 Å². The highest BCUT2D eigenvalue weighted by molar-refractivity contribution is 6.31. The Hall–Kier alpha value is -1.20. The first-order chi connectivity index (χ1) is 8.91. The molecule has 1 aliphatic rings. The molecule has 0 bridgehead atoms. The third kappa shape index (κ3) is 2.72. The molecule has 2 atom stereocenters. The summed E-state index contributed by atoms with van der Waals surface area (Å²) in [7, 11) is 0. The molecule has 1 amide bonds. The van der Waals surface area contributed by atoms with Crippen LogP contribution in [0.25, 0.3) is 0 Å². The van der Waals surface area contributed by atoms with Crippen molar-refractivity contribution in [3.8, 4) is 0 Å². The van der Waals surface area contributed by atoms with E-state index in [0.29, 0.717) is 13.0 Å². The minimum atomic E-state index is -1.06. The summed E-state index contributed by atoms with van der Waals surface area (Å²) in [6, 6.07) is 2.03. The average molecular weight is 290 g/mol. The van der Waals surface area contributed by atoms with Gasteiger partial charge in [0, 0.05) is 13.1 Å². The van der Waals surface area contributed by atoms with Gasteiger partial charge in [0.25, 0.3) is 5.91 Å². The van der Waals surface area contributed by atoms with E-state index >= 15 is 0 Å². The predicted molar refractivity (Wildman–Crippen MR) is 67.1 cm³/mol. The first-order valence-corrected chi connectivity index (χ1v) is 6.40. The summed E-state index contributed by atoms with van der Waals surface area (Å²) in [5.41, 5.74) is -0.270. The molecule has 2 rings (SSSR count). The number of carbonyl (C=O) groups is 1. The van der Waals surface area contributed by atoms with Crippen molar-refractivity contribution in [2.24, 2.45) is 5.92 Å². The summed E-state index contributed by atoms with van der Waals surface area (Å²) < 4.78 is 26.8. The summed E-state index contributed by atoms with van der Waals surface area (Å²) >= 11 is 5.45. The first-order valence-electron chi connectivity index (χ1n) is 6.02. The van der Waals surface area contributed by atoms with Crippen molar-refractivity contribution >= 4 is 17.5 Å². The lowest BCUT2D eigenvalue weighted by atomic mass is 9.95. The Bertz CT molecular complexity index is 510. The lowest BCUT2D eigenvalue weighted by Crippen LogP contribution is -2.46. The van der Waals surface area contributed by atoms with Crippen LogP contribution in [0.1, 0.15) is 23.7 Å². The average Bonchev–Trinajstić information content (AvgIpc) is 2.39. The molecular formula is C13H14ClF2NO2. The van der Waals surface area contributed by atoms with Gasteiger partial charge in [-0.25, -0.2) is 8.78 Å². The Balaban J connectivity index is 2.23. The molecule has 1 aromatic carbocycles. The molecule has 0 aromatic heterocycles. The van der Waals surface area contributed by atoms with Gasteiger partial charge in [0.2, 0.25) is 0 Å². The van der Waals surface area contributed by atoms with Crippen LogP contribution >= 0.6 is 11.6 Å². The number of aliphatic hydroxyl groups is 1. The molecule has 6 heteroatoms. The number of hydrogen-bond acceptors (Lipinski definition) is 2. The van der Waals surface area contributed by atoms with Crippen LogP contribution in [0.15, 0.2) is 12.1 Å². The van der Waals surface area contributed by atoms with Crippen LogP contribution in [0.4, 0.5) is 8.78 Å². The monoisotopic (exact) mass is 289 g/mol. The van der Waals surface area contributed by atoms with E-state index in [1.807, 2.05) is 6.92 Å². The van der Waals surface area contributed by atoms with E-state index in [1.165, 1.54) is 4.90 Å². The van der Waals surface area contributed by atoms with Crippen molar-refractivity contribution in [3.63, 3.8) is 0 Å². The van der Waals surface area contributed by atoms with Crippen LogP contribution in [0.3, 0.4) is 0 Å². The topological polar surface area (TPSA) is 40.5 Å². The number of amides is 1. The Morgan fingerprint density at radius 1 is 1.47 bits per heavy atom. The zero-order valence-electron chi connectivity index (χ0n) is 10.4. The third-order valence-electron chi connectivity index (χ3n) is 3.47. The van der Waals surface area contributed by atoms with E-state index in [0.717, 1.165) is 12.1 Å². The predicted octanol–water partition coefficient (Wildman–Crippen LogP) is 2.46. The zero-order valence-corrected chi connectivity index (χ0v) is 11.1. The maximum Gasteiger partial charge on any atom is 0.256 e. The number of β-amino-alcohol motifs (C(OH)–C–C–N with tert-alkyl or cyclic N) is 1. The fourth-order valence-electron chi connectivity index (χ4n) is 2.09. The second kappa shape index (κ2) is 5.43. The molecule has 1 N–H and O–H groups in total. The van der Waals surface area contributed by atoms with Crippen LogP contribution in [0.5, 0.6) is 0 Å². The molecule has 1 aromatic rings. The van der Waals surface area contributed by atoms with Gasteiger partial charge in [-0.05, 0) is 24.5 Å². The van der Waals surface area contributed by atoms with E-state index < -0.39 is 28.7 Å². The van der Waals surface area contributed by atoms with Crippen LogP contribution in [0, 0.1) is 17.6 Å². The van der Waals surface area contributed by atoms with Gasteiger partial charge in [-0.3, -0.25) is 4.79 Å². The Morgan fingerprint density at radius 2 is 2.16 bits per heavy atom. The summed E-state index contributed by atoms with van der Waals surface area (Å²) in [5.74, 6) is -2.43. The second-order valence-electron chi connectivity index (χ2n) is 4.81. The van der Waals surface area contributed by atoms with E-state index in [-0.39, 0.29) is 18.0 Å². The van der Waals surface area contributed by atoms with Gasteiger partial charge < -0.3 is 10.0 Å². The van der Waals surface area contributed by atoms with Gasteiger partial charge in [-0.15, -0.1) is 0 Å². The molecule has 0 aliphatic carbocycles. The fraction of sp³-hybridized carbons (Fsp3) is 0.462. The summed E-state index contributed by atoms with van der Waals surface area (Å²) in [5, 5.41) is 9.05. The van der Waals surface area contributed by atoms with Crippen LogP contribution in [0.2, 0.25) is 5.02 Å². The standard InChI is InChI=1S/C13H14ClF2NO2/c1-7-4-5-17(6-10(7)18)13(19)8-2-3-9(15)11(14)12(8)16/h2-3,7,10,18H,4-6H2,1H3/t7-,10-/m0/s1. The third-order valence-corrected chi connectivity index (χ3v) is 3.82. The van der Waals surface area contributed by atoms with Gasteiger partial charge >= 0.3 is 0 Å². The molecule has 1 heterocycles. The number of hydrogen-bond donors (Lipinski definition) is 1. The number of carbonyl (C=O) groups excluding carboxylic acids is 1. The number of piperidine rings is 1. The number of likely N-dealkylation sites (tertiary alicyclic amines) is 1. The summed E-state index contributed by atoms with van der Waals surface area (Å²) in [6.45, 7) is 2.47. The highest BCUT2D eigenvalue weighted by Crippen LogP contribution is 2.25. The maximum atomic E-state index is 13.8. The van der Waals surface area contributed by atoms with Crippen molar-refractivity contribution in [3.05, 3.63) is 34.4 Å².